The number of hydrogen-bond donors (Lipinski definition) is 0. The molecule has 2 bridgehead atoms. The Morgan fingerprint density at radius 2 is 1.88 bits per heavy atom. The smallest absolute Gasteiger partial charge is 0.213 e. The van der Waals surface area contributed by atoms with E-state index in [0.29, 0.717) is 12.0 Å². The van der Waals surface area contributed by atoms with Crippen LogP contribution in [0.1, 0.15) is 19.8 Å². The van der Waals surface area contributed by atoms with Crippen molar-refractivity contribution in [1.82, 2.24) is 14.9 Å². The lowest BCUT2D eigenvalue weighted by molar-refractivity contribution is -0.0525. The number of nitrogens with zero attached hydrogens (tertiary/aromatic N) is 3. The molecular weight excluding hydrogens is 322 g/mol. The number of ether oxygens (including phenoxy) is 1. The molecule has 0 saturated carbocycles. The first-order valence-electron chi connectivity index (χ1n) is 9.50. The van der Waals surface area contributed by atoms with Gasteiger partial charge >= 0.3 is 0 Å². The molecule has 2 unspecified atom stereocenters. The largest absolute Gasteiger partial charge is 0.472 e. The van der Waals surface area contributed by atoms with E-state index in [9.17, 15) is 0 Å². The van der Waals surface area contributed by atoms with Gasteiger partial charge in [0.15, 0.2) is 0 Å². The molecule has 0 amide bonds. The number of benzene rings is 1. The Morgan fingerprint density at radius 3 is 2.65 bits per heavy atom. The molecule has 0 N–H and O–H groups in total. The van der Waals surface area contributed by atoms with Gasteiger partial charge in [-0.15, -0.1) is 0 Å². The quantitative estimate of drug-likeness (QED) is 0.714. The number of hydrogen-bond acceptors (Lipinski definition) is 4. The summed E-state index contributed by atoms with van der Waals surface area (Å²) in [6.07, 6.45) is 6.50. The second kappa shape index (κ2) is 6.36. The molecule has 3 aromatic rings. The van der Waals surface area contributed by atoms with Crippen LogP contribution in [0.15, 0.2) is 54.9 Å². The lowest BCUT2D eigenvalue weighted by Crippen LogP contribution is -2.58. The van der Waals surface area contributed by atoms with E-state index in [0.717, 1.165) is 27.9 Å². The van der Waals surface area contributed by atoms with Crippen molar-refractivity contribution in [3.05, 3.63) is 54.9 Å². The van der Waals surface area contributed by atoms with Gasteiger partial charge in [-0.1, -0.05) is 18.2 Å². The van der Waals surface area contributed by atoms with Crippen LogP contribution in [0.2, 0.25) is 0 Å². The SMILES string of the molecule is CC1C(Oc2ccc(-c3cccc4ncccc34)cn2)C2CCN1CC2. The maximum atomic E-state index is 6.31. The highest BCUT2D eigenvalue weighted by Gasteiger charge is 2.41. The number of fused-ring (bicyclic) bond motifs is 4. The number of rotatable bonds is 3. The van der Waals surface area contributed by atoms with Gasteiger partial charge < -0.3 is 4.74 Å². The van der Waals surface area contributed by atoms with Crippen molar-refractivity contribution >= 4 is 10.9 Å². The van der Waals surface area contributed by atoms with Crippen molar-refractivity contribution in [2.75, 3.05) is 13.1 Å². The summed E-state index contributed by atoms with van der Waals surface area (Å²) in [5, 5.41) is 1.15. The van der Waals surface area contributed by atoms with Crippen molar-refractivity contribution in [2.45, 2.75) is 31.9 Å². The molecule has 3 saturated heterocycles. The van der Waals surface area contributed by atoms with Crippen LogP contribution in [0.4, 0.5) is 0 Å². The lowest BCUT2D eigenvalue weighted by atomic mass is 9.81. The Kier molecular flexibility index (Phi) is 3.86. The third kappa shape index (κ3) is 2.65. The normalized spacial score (nSPS) is 27.6. The van der Waals surface area contributed by atoms with Crippen molar-refractivity contribution in [2.24, 2.45) is 5.92 Å². The maximum absolute atomic E-state index is 6.31. The molecule has 4 heteroatoms. The van der Waals surface area contributed by atoms with E-state index in [-0.39, 0.29) is 6.10 Å². The molecule has 0 aliphatic carbocycles. The van der Waals surface area contributed by atoms with Crippen molar-refractivity contribution < 1.29 is 4.74 Å². The molecule has 26 heavy (non-hydrogen) atoms. The van der Waals surface area contributed by atoms with Crippen LogP contribution in [0.3, 0.4) is 0 Å². The van der Waals surface area contributed by atoms with Gasteiger partial charge in [0.1, 0.15) is 6.10 Å². The molecule has 2 atom stereocenters. The van der Waals surface area contributed by atoms with E-state index in [2.05, 4.69) is 40.0 Å². The zero-order valence-electron chi connectivity index (χ0n) is 15.0. The van der Waals surface area contributed by atoms with Gasteiger partial charge in [-0.25, -0.2) is 4.98 Å². The third-order valence-electron chi connectivity index (χ3n) is 6.04. The Balaban J connectivity index is 1.41. The first-order chi connectivity index (χ1) is 12.8. The van der Waals surface area contributed by atoms with Gasteiger partial charge in [-0.2, -0.15) is 0 Å². The van der Waals surface area contributed by atoms with Crippen molar-refractivity contribution in [1.29, 1.82) is 0 Å². The van der Waals surface area contributed by atoms with Crippen LogP contribution >= 0.6 is 0 Å². The molecule has 3 aliphatic heterocycles. The Hall–Kier alpha value is -2.46. The van der Waals surface area contributed by atoms with Crippen molar-refractivity contribution in [3.8, 4) is 17.0 Å². The predicted octanol–water partition coefficient (Wildman–Crippen LogP) is 4.16. The second-order valence-corrected chi connectivity index (χ2v) is 7.46. The van der Waals surface area contributed by atoms with Crippen molar-refractivity contribution in [3.63, 3.8) is 0 Å². The first kappa shape index (κ1) is 15.8. The summed E-state index contributed by atoms with van der Waals surface area (Å²) in [6, 6.07) is 14.9. The molecule has 6 rings (SSSR count). The predicted molar refractivity (Wildman–Crippen MR) is 103 cm³/mol. The number of piperidine rings is 3. The first-order valence-corrected chi connectivity index (χ1v) is 9.50. The van der Waals surface area contributed by atoms with Crippen LogP contribution in [-0.4, -0.2) is 40.1 Å². The number of aromatic nitrogens is 2. The van der Waals surface area contributed by atoms with Gasteiger partial charge in [0.25, 0.3) is 0 Å². The Morgan fingerprint density at radius 1 is 1.00 bits per heavy atom. The fraction of sp³-hybridized carbons (Fsp3) is 0.364. The van der Waals surface area contributed by atoms with Gasteiger partial charge in [0.2, 0.25) is 5.88 Å². The van der Waals surface area contributed by atoms with E-state index in [1.807, 2.05) is 36.7 Å². The van der Waals surface area contributed by atoms with E-state index in [4.69, 9.17) is 4.74 Å². The van der Waals surface area contributed by atoms with Crippen LogP contribution in [0, 0.1) is 5.92 Å². The maximum Gasteiger partial charge on any atom is 0.213 e. The Bertz CT molecular complexity index is 909. The van der Waals surface area contributed by atoms with Crippen LogP contribution in [-0.2, 0) is 0 Å². The summed E-state index contributed by atoms with van der Waals surface area (Å²) in [7, 11) is 0. The number of pyridine rings is 2. The zero-order chi connectivity index (χ0) is 17.5. The second-order valence-electron chi connectivity index (χ2n) is 7.46. The van der Waals surface area contributed by atoms with E-state index < -0.39 is 0 Å². The highest BCUT2D eigenvalue weighted by atomic mass is 16.5. The molecule has 5 heterocycles. The topological polar surface area (TPSA) is 38.3 Å². The summed E-state index contributed by atoms with van der Waals surface area (Å²) >= 11 is 0. The molecule has 4 nitrogen and oxygen atoms in total. The average Bonchev–Trinajstić information content (AvgIpc) is 2.71. The highest BCUT2D eigenvalue weighted by Crippen LogP contribution is 2.35. The minimum Gasteiger partial charge on any atom is -0.472 e. The van der Waals surface area contributed by atoms with Crippen LogP contribution in [0.5, 0.6) is 5.88 Å². The fourth-order valence-electron chi connectivity index (χ4n) is 4.56. The van der Waals surface area contributed by atoms with Crippen LogP contribution in [0.25, 0.3) is 22.0 Å². The van der Waals surface area contributed by atoms with Gasteiger partial charge in [-0.3, -0.25) is 9.88 Å². The van der Waals surface area contributed by atoms with E-state index in [1.165, 1.54) is 25.9 Å². The third-order valence-corrected chi connectivity index (χ3v) is 6.04. The van der Waals surface area contributed by atoms with E-state index >= 15 is 0 Å². The van der Waals surface area contributed by atoms with E-state index in [1.54, 1.807) is 0 Å². The summed E-state index contributed by atoms with van der Waals surface area (Å²) in [5.74, 6) is 1.40. The van der Waals surface area contributed by atoms with Gasteiger partial charge in [0.05, 0.1) is 5.52 Å². The molecule has 0 spiro atoms. The summed E-state index contributed by atoms with van der Waals surface area (Å²) < 4.78 is 6.31. The molecule has 2 aromatic heterocycles. The molecule has 0 radical (unpaired) electrons. The zero-order valence-corrected chi connectivity index (χ0v) is 15.0. The average molecular weight is 345 g/mol. The summed E-state index contributed by atoms with van der Waals surface area (Å²) in [6.45, 7) is 4.72. The summed E-state index contributed by atoms with van der Waals surface area (Å²) in [4.78, 5) is 11.6. The molecular formula is C22H23N3O. The van der Waals surface area contributed by atoms with Gasteiger partial charge in [0, 0.05) is 35.5 Å². The molecule has 132 valence electrons. The molecule has 1 aromatic carbocycles. The monoisotopic (exact) mass is 345 g/mol. The summed E-state index contributed by atoms with van der Waals surface area (Å²) in [5.41, 5.74) is 3.26. The Labute approximate surface area is 153 Å². The lowest BCUT2D eigenvalue weighted by Gasteiger charge is -2.49. The molecule has 3 fully saturated rings. The standard InChI is InChI=1S/C22H23N3O/c1-15-22(16-9-12-25(15)13-10-16)26-21-8-7-17(14-24-21)18-4-2-6-20-19(18)5-3-11-23-20/h2-8,11,14-16,22H,9-10,12-13H2,1H3. The van der Waals surface area contributed by atoms with Gasteiger partial charge in [-0.05, 0) is 62.5 Å². The fourth-order valence-corrected chi connectivity index (χ4v) is 4.56. The highest BCUT2D eigenvalue weighted by molar-refractivity contribution is 5.94. The van der Waals surface area contributed by atoms with Crippen LogP contribution < -0.4 is 4.74 Å². The minimum atomic E-state index is 0.262. The minimum absolute atomic E-state index is 0.262. The molecule has 3 aliphatic rings.